The predicted octanol–water partition coefficient (Wildman–Crippen LogP) is 3.91. The lowest BCUT2D eigenvalue weighted by Crippen LogP contribution is -2.04. The lowest BCUT2D eigenvalue weighted by molar-refractivity contribution is 0.395. The van der Waals surface area contributed by atoms with Crippen LogP contribution in [0.15, 0.2) is 12.1 Å². The van der Waals surface area contributed by atoms with Crippen LogP contribution in [0.5, 0.6) is 11.5 Å². The Morgan fingerprint density at radius 1 is 1.17 bits per heavy atom. The van der Waals surface area contributed by atoms with Gasteiger partial charge in [0, 0.05) is 12.6 Å². The fourth-order valence-electron chi connectivity index (χ4n) is 1.59. The standard InChI is InChI=1S/C13H20ClNO2S/c1-16-12-9-13(17-2)11(8-10(12)14)15-6-4-5-7-18-3/h8-9,15H,4-7H2,1-3H3. The Hall–Kier alpha value is -0.740. The van der Waals surface area contributed by atoms with E-state index in [1.165, 1.54) is 12.2 Å². The minimum atomic E-state index is 0.588. The Morgan fingerprint density at radius 3 is 2.50 bits per heavy atom. The van der Waals surface area contributed by atoms with Gasteiger partial charge in [0.1, 0.15) is 11.5 Å². The fraction of sp³-hybridized carbons (Fsp3) is 0.538. The van der Waals surface area contributed by atoms with E-state index in [4.69, 9.17) is 21.1 Å². The summed E-state index contributed by atoms with van der Waals surface area (Å²) in [4.78, 5) is 0. The van der Waals surface area contributed by atoms with E-state index in [1.54, 1.807) is 20.3 Å². The van der Waals surface area contributed by atoms with Crippen molar-refractivity contribution >= 4 is 29.1 Å². The van der Waals surface area contributed by atoms with Gasteiger partial charge in [-0.1, -0.05) is 11.6 Å². The molecule has 1 N–H and O–H groups in total. The fourth-order valence-corrected chi connectivity index (χ4v) is 2.33. The summed E-state index contributed by atoms with van der Waals surface area (Å²) in [5.74, 6) is 2.57. The van der Waals surface area contributed by atoms with Crippen molar-refractivity contribution in [3.05, 3.63) is 17.2 Å². The van der Waals surface area contributed by atoms with Crippen LogP contribution in [0.1, 0.15) is 12.8 Å². The molecule has 0 aliphatic rings. The van der Waals surface area contributed by atoms with Crippen molar-refractivity contribution in [2.45, 2.75) is 12.8 Å². The van der Waals surface area contributed by atoms with Crippen LogP contribution < -0.4 is 14.8 Å². The SMILES string of the molecule is COc1cc(OC)c(NCCCCSC)cc1Cl. The molecule has 0 aliphatic heterocycles. The van der Waals surface area contributed by atoms with E-state index in [9.17, 15) is 0 Å². The monoisotopic (exact) mass is 289 g/mol. The lowest BCUT2D eigenvalue weighted by atomic mass is 10.2. The summed E-state index contributed by atoms with van der Waals surface area (Å²) in [6.07, 6.45) is 4.47. The number of thioether (sulfide) groups is 1. The largest absolute Gasteiger partial charge is 0.495 e. The molecule has 1 aromatic rings. The van der Waals surface area contributed by atoms with E-state index in [2.05, 4.69) is 11.6 Å². The number of hydrogen-bond donors (Lipinski definition) is 1. The topological polar surface area (TPSA) is 30.5 Å². The van der Waals surface area contributed by atoms with Crippen molar-refractivity contribution in [3.8, 4) is 11.5 Å². The molecule has 5 heteroatoms. The number of methoxy groups -OCH3 is 2. The summed E-state index contributed by atoms with van der Waals surface area (Å²) < 4.78 is 10.5. The zero-order valence-electron chi connectivity index (χ0n) is 11.1. The molecule has 0 saturated carbocycles. The zero-order valence-corrected chi connectivity index (χ0v) is 12.7. The molecule has 102 valence electrons. The van der Waals surface area contributed by atoms with Gasteiger partial charge in [-0.15, -0.1) is 0 Å². The van der Waals surface area contributed by atoms with Gasteiger partial charge in [0.15, 0.2) is 0 Å². The highest BCUT2D eigenvalue weighted by Crippen LogP contribution is 2.35. The summed E-state index contributed by atoms with van der Waals surface area (Å²) >= 11 is 7.97. The molecule has 0 aromatic heterocycles. The van der Waals surface area contributed by atoms with Crippen molar-refractivity contribution in [2.75, 3.05) is 38.1 Å². The minimum Gasteiger partial charge on any atom is -0.495 e. The van der Waals surface area contributed by atoms with Gasteiger partial charge in [-0.25, -0.2) is 0 Å². The summed E-state index contributed by atoms with van der Waals surface area (Å²) in [5, 5.41) is 3.93. The summed E-state index contributed by atoms with van der Waals surface area (Å²) in [5.41, 5.74) is 0.910. The van der Waals surface area contributed by atoms with Gasteiger partial charge in [0.05, 0.1) is 24.9 Å². The average molecular weight is 290 g/mol. The number of rotatable bonds is 8. The molecule has 0 amide bonds. The number of benzene rings is 1. The first-order valence-electron chi connectivity index (χ1n) is 5.87. The van der Waals surface area contributed by atoms with Crippen LogP contribution in [0.4, 0.5) is 5.69 Å². The van der Waals surface area contributed by atoms with E-state index in [0.29, 0.717) is 10.8 Å². The Bertz CT molecular complexity index is 374. The highest BCUT2D eigenvalue weighted by atomic mass is 35.5. The molecule has 0 spiro atoms. The molecule has 0 fully saturated rings. The first kappa shape index (κ1) is 15.3. The van der Waals surface area contributed by atoms with Crippen molar-refractivity contribution < 1.29 is 9.47 Å². The van der Waals surface area contributed by atoms with Crippen LogP contribution in [-0.2, 0) is 0 Å². The maximum atomic E-state index is 6.10. The quantitative estimate of drug-likeness (QED) is 0.735. The highest BCUT2D eigenvalue weighted by molar-refractivity contribution is 7.98. The molecule has 0 unspecified atom stereocenters. The molecular weight excluding hydrogens is 270 g/mol. The van der Waals surface area contributed by atoms with Gasteiger partial charge in [0.25, 0.3) is 0 Å². The molecule has 0 radical (unpaired) electrons. The van der Waals surface area contributed by atoms with Gasteiger partial charge in [-0.3, -0.25) is 0 Å². The van der Waals surface area contributed by atoms with Gasteiger partial charge >= 0.3 is 0 Å². The predicted molar refractivity (Wildman–Crippen MR) is 80.7 cm³/mol. The molecule has 1 aromatic carbocycles. The smallest absolute Gasteiger partial charge is 0.145 e. The van der Waals surface area contributed by atoms with Gasteiger partial charge in [0.2, 0.25) is 0 Å². The molecule has 0 aliphatic carbocycles. The maximum Gasteiger partial charge on any atom is 0.145 e. The number of anilines is 1. The third-order valence-corrected chi connectivity index (χ3v) is 3.56. The van der Waals surface area contributed by atoms with E-state index < -0.39 is 0 Å². The van der Waals surface area contributed by atoms with E-state index in [1.807, 2.05) is 17.8 Å². The minimum absolute atomic E-state index is 0.588. The first-order chi connectivity index (χ1) is 8.72. The Kier molecular flexibility index (Phi) is 7.13. The van der Waals surface area contributed by atoms with Crippen LogP contribution in [0.2, 0.25) is 5.02 Å². The van der Waals surface area contributed by atoms with Crippen LogP contribution in [-0.4, -0.2) is 32.8 Å². The highest BCUT2D eigenvalue weighted by Gasteiger charge is 2.09. The normalized spacial score (nSPS) is 10.2. The lowest BCUT2D eigenvalue weighted by Gasteiger charge is -2.13. The van der Waals surface area contributed by atoms with E-state index in [0.717, 1.165) is 24.4 Å². The Labute approximate surface area is 118 Å². The third-order valence-electron chi connectivity index (χ3n) is 2.56. The number of halogens is 1. The molecule has 18 heavy (non-hydrogen) atoms. The Balaban J connectivity index is 2.61. The van der Waals surface area contributed by atoms with Crippen LogP contribution in [0.3, 0.4) is 0 Å². The summed E-state index contributed by atoms with van der Waals surface area (Å²) in [6.45, 7) is 0.916. The van der Waals surface area contributed by atoms with Crippen molar-refractivity contribution in [1.29, 1.82) is 0 Å². The van der Waals surface area contributed by atoms with Crippen LogP contribution in [0, 0.1) is 0 Å². The Morgan fingerprint density at radius 2 is 1.89 bits per heavy atom. The molecular formula is C13H20ClNO2S. The molecule has 0 heterocycles. The van der Waals surface area contributed by atoms with Crippen molar-refractivity contribution in [1.82, 2.24) is 0 Å². The third kappa shape index (κ3) is 4.50. The number of hydrogen-bond acceptors (Lipinski definition) is 4. The second-order valence-electron chi connectivity index (χ2n) is 3.81. The number of unbranched alkanes of at least 4 members (excludes halogenated alkanes) is 1. The average Bonchev–Trinajstić information content (AvgIpc) is 2.38. The van der Waals surface area contributed by atoms with Crippen molar-refractivity contribution in [2.24, 2.45) is 0 Å². The molecule has 0 bridgehead atoms. The number of nitrogens with one attached hydrogen (secondary N) is 1. The van der Waals surface area contributed by atoms with Gasteiger partial charge < -0.3 is 14.8 Å². The number of ether oxygens (including phenoxy) is 2. The van der Waals surface area contributed by atoms with Crippen molar-refractivity contribution in [3.63, 3.8) is 0 Å². The second kappa shape index (κ2) is 8.38. The van der Waals surface area contributed by atoms with E-state index >= 15 is 0 Å². The summed E-state index contributed by atoms with van der Waals surface area (Å²) in [7, 11) is 3.23. The van der Waals surface area contributed by atoms with Gasteiger partial charge in [-0.2, -0.15) is 11.8 Å². The molecule has 3 nitrogen and oxygen atoms in total. The molecule has 1 rings (SSSR count). The molecule has 0 atom stereocenters. The summed E-state index contributed by atoms with van der Waals surface area (Å²) in [6, 6.07) is 3.64. The van der Waals surface area contributed by atoms with E-state index in [-0.39, 0.29) is 0 Å². The first-order valence-corrected chi connectivity index (χ1v) is 7.64. The zero-order chi connectivity index (χ0) is 13.4. The second-order valence-corrected chi connectivity index (χ2v) is 5.21. The molecule has 0 saturated heterocycles. The van der Waals surface area contributed by atoms with Crippen LogP contribution >= 0.6 is 23.4 Å². The maximum absolute atomic E-state index is 6.10. The van der Waals surface area contributed by atoms with Gasteiger partial charge in [-0.05, 0) is 30.9 Å². The van der Waals surface area contributed by atoms with Crippen LogP contribution in [0.25, 0.3) is 0 Å².